The van der Waals surface area contributed by atoms with E-state index < -0.39 is 0 Å². The quantitative estimate of drug-likeness (QED) is 0.607. The van der Waals surface area contributed by atoms with Gasteiger partial charge in [-0.25, -0.2) is 0 Å². The van der Waals surface area contributed by atoms with E-state index in [0.29, 0.717) is 13.0 Å². The Bertz CT molecular complexity index is 671. The van der Waals surface area contributed by atoms with Gasteiger partial charge in [0, 0.05) is 6.42 Å². The summed E-state index contributed by atoms with van der Waals surface area (Å²) in [6.45, 7) is 2.45. The smallest absolute Gasteiger partial charge is 0.242 e. The number of hydrogen-bond acceptors (Lipinski definition) is 3. The number of ether oxygens (including phenoxy) is 1. The lowest BCUT2D eigenvalue weighted by Crippen LogP contribution is -2.42. The third-order valence-electron chi connectivity index (χ3n) is 3.36. The second-order valence-electron chi connectivity index (χ2n) is 5.53. The van der Waals surface area contributed by atoms with Crippen LogP contribution >= 0.6 is 0 Å². The SMILES string of the molecule is Cc1cccc(OCCCC(=O)NNC(=O)Cc2ccccc2)c1. The van der Waals surface area contributed by atoms with E-state index in [-0.39, 0.29) is 24.7 Å². The van der Waals surface area contributed by atoms with Crippen molar-refractivity contribution < 1.29 is 14.3 Å². The molecular weight excluding hydrogens is 304 g/mol. The van der Waals surface area contributed by atoms with Gasteiger partial charge in [-0.3, -0.25) is 20.4 Å². The van der Waals surface area contributed by atoms with Crippen LogP contribution in [0.2, 0.25) is 0 Å². The Kier molecular flexibility index (Phi) is 6.83. The first-order chi connectivity index (χ1) is 11.6. The monoisotopic (exact) mass is 326 g/mol. The number of aryl methyl sites for hydroxylation is 1. The molecule has 2 rings (SSSR count). The summed E-state index contributed by atoms with van der Waals surface area (Å²) in [4.78, 5) is 23.4. The van der Waals surface area contributed by atoms with Crippen LogP contribution in [0.4, 0.5) is 0 Å². The Morgan fingerprint density at radius 2 is 1.71 bits per heavy atom. The second kappa shape index (κ2) is 9.35. The Morgan fingerprint density at radius 3 is 2.46 bits per heavy atom. The molecule has 0 aromatic heterocycles. The summed E-state index contributed by atoms with van der Waals surface area (Å²) in [6.07, 6.45) is 1.10. The van der Waals surface area contributed by atoms with Gasteiger partial charge in [-0.15, -0.1) is 0 Å². The molecule has 24 heavy (non-hydrogen) atoms. The van der Waals surface area contributed by atoms with Crippen molar-refractivity contribution in [3.05, 3.63) is 65.7 Å². The van der Waals surface area contributed by atoms with Crippen molar-refractivity contribution in [3.8, 4) is 5.75 Å². The molecule has 0 heterocycles. The van der Waals surface area contributed by atoms with E-state index in [0.717, 1.165) is 16.9 Å². The maximum atomic E-state index is 11.7. The van der Waals surface area contributed by atoms with Crippen molar-refractivity contribution >= 4 is 11.8 Å². The van der Waals surface area contributed by atoms with Crippen LogP contribution in [0, 0.1) is 6.92 Å². The highest BCUT2D eigenvalue weighted by molar-refractivity contribution is 5.83. The maximum Gasteiger partial charge on any atom is 0.242 e. The zero-order valence-corrected chi connectivity index (χ0v) is 13.7. The minimum atomic E-state index is -0.245. The minimum Gasteiger partial charge on any atom is -0.494 e. The molecule has 0 aliphatic heterocycles. The average Bonchev–Trinajstić information content (AvgIpc) is 2.58. The average molecular weight is 326 g/mol. The van der Waals surface area contributed by atoms with Gasteiger partial charge >= 0.3 is 0 Å². The molecule has 2 aromatic carbocycles. The van der Waals surface area contributed by atoms with Crippen LogP contribution in [0.5, 0.6) is 5.75 Å². The largest absolute Gasteiger partial charge is 0.494 e. The van der Waals surface area contributed by atoms with E-state index >= 15 is 0 Å². The highest BCUT2D eigenvalue weighted by Gasteiger charge is 2.05. The highest BCUT2D eigenvalue weighted by atomic mass is 16.5. The van der Waals surface area contributed by atoms with Gasteiger partial charge < -0.3 is 4.74 Å². The first-order valence-corrected chi connectivity index (χ1v) is 7.94. The summed E-state index contributed by atoms with van der Waals surface area (Å²) in [5.74, 6) is 0.321. The van der Waals surface area contributed by atoms with Gasteiger partial charge in [-0.2, -0.15) is 0 Å². The van der Waals surface area contributed by atoms with Gasteiger partial charge in [0.1, 0.15) is 5.75 Å². The van der Waals surface area contributed by atoms with Crippen molar-refractivity contribution in [3.63, 3.8) is 0 Å². The van der Waals surface area contributed by atoms with Gasteiger partial charge in [-0.05, 0) is 36.6 Å². The third kappa shape index (κ3) is 6.52. The molecule has 2 aromatic rings. The summed E-state index contributed by atoms with van der Waals surface area (Å²) in [5.41, 5.74) is 6.86. The third-order valence-corrected chi connectivity index (χ3v) is 3.36. The Morgan fingerprint density at radius 1 is 0.958 bits per heavy atom. The van der Waals surface area contributed by atoms with E-state index in [1.807, 2.05) is 61.5 Å². The topological polar surface area (TPSA) is 67.4 Å². The summed E-state index contributed by atoms with van der Waals surface area (Å²) in [7, 11) is 0. The molecule has 0 bridgehead atoms. The summed E-state index contributed by atoms with van der Waals surface area (Å²) < 4.78 is 5.57. The first kappa shape index (κ1) is 17.5. The van der Waals surface area contributed by atoms with E-state index in [4.69, 9.17) is 4.74 Å². The summed E-state index contributed by atoms with van der Waals surface area (Å²) >= 11 is 0. The first-order valence-electron chi connectivity index (χ1n) is 7.94. The fourth-order valence-electron chi connectivity index (χ4n) is 2.16. The fraction of sp³-hybridized carbons (Fsp3) is 0.263. The number of benzene rings is 2. The van der Waals surface area contributed by atoms with Crippen LogP contribution in [0.3, 0.4) is 0 Å². The predicted octanol–water partition coefficient (Wildman–Crippen LogP) is 2.54. The molecule has 0 atom stereocenters. The summed E-state index contributed by atoms with van der Waals surface area (Å²) in [6, 6.07) is 17.1. The van der Waals surface area contributed by atoms with Gasteiger partial charge in [0.05, 0.1) is 13.0 Å². The zero-order chi connectivity index (χ0) is 17.2. The number of carbonyl (C=O) groups excluding carboxylic acids is 2. The van der Waals surface area contributed by atoms with Crippen LogP contribution in [0.15, 0.2) is 54.6 Å². The molecular formula is C19H22N2O3. The number of rotatable bonds is 7. The molecule has 5 heteroatoms. The lowest BCUT2D eigenvalue weighted by Gasteiger charge is -2.08. The molecule has 0 aliphatic rings. The van der Waals surface area contributed by atoms with Crippen LogP contribution in [0.1, 0.15) is 24.0 Å². The molecule has 0 unspecified atom stereocenters. The van der Waals surface area contributed by atoms with E-state index in [9.17, 15) is 9.59 Å². The van der Waals surface area contributed by atoms with E-state index in [1.54, 1.807) is 0 Å². The molecule has 0 aliphatic carbocycles. The number of hydrogen-bond donors (Lipinski definition) is 2. The van der Waals surface area contributed by atoms with E-state index in [2.05, 4.69) is 10.9 Å². The Labute approximate surface area is 142 Å². The van der Waals surface area contributed by atoms with Crippen LogP contribution in [0.25, 0.3) is 0 Å². The van der Waals surface area contributed by atoms with Crippen molar-refractivity contribution in [2.24, 2.45) is 0 Å². The van der Waals surface area contributed by atoms with Crippen molar-refractivity contribution in [2.75, 3.05) is 6.61 Å². The maximum absolute atomic E-state index is 11.7. The van der Waals surface area contributed by atoms with Gasteiger partial charge in [0.25, 0.3) is 0 Å². The molecule has 2 amide bonds. The van der Waals surface area contributed by atoms with Gasteiger partial charge in [-0.1, -0.05) is 42.5 Å². The molecule has 0 saturated heterocycles. The standard InChI is InChI=1S/C19H22N2O3/c1-15-7-5-10-17(13-15)24-12-6-11-18(22)20-21-19(23)14-16-8-3-2-4-9-16/h2-5,7-10,13H,6,11-12,14H2,1H3,(H,20,22)(H,21,23). The fourth-order valence-corrected chi connectivity index (χ4v) is 2.16. The van der Waals surface area contributed by atoms with Crippen molar-refractivity contribution in [1.82, 2.24) is 10.9 Å². The van der Waals surface area contributed by atoms with Crippen molar-refractivity contribution in [1.29, 1.82) is 0 Å². The van der Waals surface area contributed by atoms with Crippen molar-refractivity contribution in [2.45, 2.75) is 26.2 Å². The number of carbonyl (C=O) groups is 2. The molecule has 0 radical (unpaired) electrons. The summed E-state index contributed by atoms with van der Waals surface area (Å²) in [5, 5.41) is 0. The molecule has 0 saturated carbocycles. The van der Waals surface area contributed by atoms with Crippen LogP contribution in [-0.2, 0) is 16.0 Å². The van der Waals surface area contributed by atoms with Crippen LogP contribution in [-0.4, -0.2) is 18.4 Å². The molecule has 2 N–H and O–H groups in total. The Balaban J connectivity index is 1.59. The molecule has 0 spiro atoms. The number of nitrogens with one attached hydrogen (secondary N) is 2. The van der Waals surface area contributed by atoms with Gasteiger partial charge in [0.2, 0.25) is 11.8 Å². The lowest BCUT2D eigenvalue weighted by atomic mass is 10.1. The predicted molar refractivity (Wildman–Crippen MR) is 92.3 cm³/mol. The normalized spacial score (nSPS) is 10.0. The molecule has 5 nitrogen and oxygen atoms in total. The molecule has 126 valence electrons. The Hall–Kier alpha value is -2.82. The second-order valence-corrected chi connectivity index (χ2v) is 5.53. The number of hydrazine groups is 1. The van der Waals surface area contributed by atoms with E-state index in [1.165, 1.54) is 0 Å². The van der Waals surface area contributed by atoms with Crippen LogP contribution < -0.4 is 15.6 Å². The minimum absolute atomic E-state index is 0.232. The highest BCUT2D eigenvalue weighted by Crippen LogP contribution is 2.12. The van der Waals surface area contributed by atoms with Gasteiger partial charge in [0.15, 0.2) is 0 Å². The zero-order valence-electron chi connectivity index (χ0n) is 13.7. The lowest BCUT2D eigenvalue weighted by molar-refractivity contribution is -0.128. The molecule has 0 fully saturated rings. The number of amides is 2.